The van der Waals surface area contributed by atoms with Gasteiger partial charge in [0.25, 0.3) is 0 Å². The molecule has 28 heavy (non-hydrogen) atoms. The Morgan fingerprint density at radius 3 is 1.93 bits per heavy atom. The van der Waals surface area contributed by atoms with Crippen LogP contribution in [0.15, 0.2) is 66.9 Å². The Balaban J connectivity index is 1.67. The molecular weight excluding hydrogens is 356 g/mol. The lowest BCUT2D eigenvalue weighted by molar-refractivity contribution is 0.0256. The van der Waals surface area contributed by atoms with Crippen LogP contribution in [0.1, 0.15) is 33.2 Å². The van der Waals surface area contributed by atoms with Crippen LogP contribution in [0.5, 0.6) is 0 Å². The molecule has 0 radical (unpaired) electrons. The van der Waals surface area contributed by atoms with E-state index in [1.807, 2.05) is 60.7 Å². The number of nitrogens with zero attached hydrogens (tertiary/aromatic N) is 2. The van der Waals surface area contributed by atoms with Crippen molar-refractivity contribution in [3.05, 3.63) is 89.2 Å². The normalized spacial score (nSPS) is 11.1. The lowest BCUT2D eigenvalue weighted by Gasteiger charge is -2.20. The van der Waals surface area contributed by atoms with Gasteiger partial charge in [-0.3, -0.25) is 4.68 Å². The summed E-state index contributed by atoms with van der Waals surface area (Å²) in [6.07, 6.45) is 1.56. The van der Waals surface area contributed by atoms with Crippen molar-refractivity contribution in [2.45, 2.75) is 26.2 Å². The molecule has 2 aromatic carbocycles. The van der Waals surface area contributed by atoms with Crippen LogP contribution in [-0.2, 0) is 22.7 Å². The van der Waals surface area contributed by atoms with Crippen molar-refractivity contribution in [2.75, 3.05) is 13.2 Å². The minimum absolute atomic E-state index is 0.164. The average Bonchev–Trinajstić information content (AvgIpc) is 3.10. The van der Waals surface area contributed by atoms with E-state index in [1.165, 1.54) is 4.68 Å². The van der Waals surface area contributed by atoms with Crippen molar-refractivity contribution in [1.29, 1.82) is 0 Å². The van der Waals surface area contributed by atoms with E-state index in [2.05, 4.69) is 5.10 Å². The quantitative estimate of drug-likeness (QED) is 0.578. The maximum atomic E-state index is 11.7. The fourth-order valence-corrected chi connectivity index (χ4v) is 2.96. The molecule has 6 heteroatoms. The Hall–Kier alpha value is -2.96. The summed E-state index contributed by atoms with van der Waals surface area (Å²) in [4.78, 5) is 11.7. The number of aromatic nitrogens is 2. The third-order valence-corrected chi connectivity index (χ3v) is 4.37. The van der Waals surface area contributed by atoms with Gasteiger partial charge in [-0.25, -0.2) is 4.79 Å². The summed E-state index contributed by atoms with van der Waals surface area (Å²) in [5, 5.41) is 13.8. The monoisotopic (exact) mass is 380 g/mol. The number of rotatable bonds is 10. The number of hydrogen-bond acceptors (Lipinski definition) is 4. The molecule has 3 rings (SSSR count). The smallest absolute Gasteiger partial charge is 0.354 e. The van der Waals surface area contributed by atoms with E-state index >= 15 is 0 Å². The van der Waals surface area contributed by atoms with E-state index < -0.39 is 5.97 Å². The van der Waals surface area contributed by atoms with E-state index in [1.54, 1.807) is 13.1 Å². The zero-order valence-electron chi connectivity index (χ0n) is 15.8. The largest absolute Gasteiger partial charge is 0.477 e. The molecule has 146 valence electrons. The molecule has 0 unspecified atom stereocenters. The van der Waals surface area contributed by atoms with Crippen LogP contribution in [0, 0.1) is 6.92 Å². The van der Waals surface area contributed by atoms with Gasteiger partial charge < -0.3 is 14.6 Å². The maximum Gasteiger partial charge on any atom is 0.354 e. The summed E-state index contributed by atoms with van der Waals surface area (Å²) in [5.41, 5.74) is 2.89. The maximum absolute atomic E-state index is 11.7. The van der Waals surface area contributed by atoms with Crippen molar-refractivity contribution >= 4 is 5.97 Å². The molecule has 0 amide bonds. The highest BCUT2D eigenvalue weighted by atomic mass is 16.5. The van der Waals surface area contributed by atoms with Crippen LogP contribution in [-0.4, -0.2) is 34.1 Å². The van der Waals surface area contributed by atoms with E-state index in [4.69, 9.17) is 9.47 Å². The molecule has 3 aromatic rings. The van der Waals surface area contributed by atoms with Crippen LogP contribution in [0.4, 0.5) is 0 Å². The molecule has 0 bridgehead atoms. The van der Waals surface area contributed by atoms with Crippen molar-refractivity contribution < 1.29 is 19.4 Å². The Bertz CT molecular complexity index is 833. The summed E-state index contributed by atoms with van der Waals surface area (Å²) < 4.78 is 13.2. The van der Waals surface area contributed by atoms with E-state index in [0.29, 0.717) is 32.0 Å². The summed E-state index contributed by atoms with van der Waals surface area (Å²) >= 11 is 0. The van der Waals surface area contributed by atoms with Gasteiger partial charge in [-0.05, 0) is 18.1 Å². The second-order valence-electron chi connectivity index (χ2n) is 6.58. The van der Waals surface area contributed by atoms with E-state index in [-0.39, 0.29) is 11.7 Å². The van der Waals surface area contributed by atoms with Crippen molar-refractivity contribution in [3.8, 4) is 0 Å². The molecule has 0 aliphatic heterocycles. The van der Waals surface area contributed by atoms with E-state index in [9.17, 15) is 9.90 Å². The third-order valence-electron chi connectivity index (χ3n) is 4.37. The Morgan fingerprint density at radius 2 is 1.46 bits per heavy atom. The predicted molar refractivity (Wildman–Crippen MR) is 105 cm³/mol. The molecule has 1 heterocycles. The first kappa shape index (κ1) is 19.8. The fourth-order valence-electron chi connectivity index (χ4n) is 2.96. The second kappa shape index (κ2) is 9.82. The summed E-state index contributed by atoms with van der Waals surface area (Å²) in [6.45, 7) is 3.22. The summed E-state index contributed by atoms with van der Waals surface area (Å²) in [6, 6.07) is 19.3. The molecule has 0 fully saturated rings. The van der Waals surface area contributed by atoms with Crippen LogP contribution in [0.25, 0.3) is 0 Å². The topological polar surface area (TPSA) is 73.6 Å². The molecule has 1 N–H and O–H groups in total. The van der Waals surface area contributed by atoms with Gasteiger partial charge in [0.05, 0.1) is 38.7 Å². The molecule has 0 spiro atoms. The predicted octanol–water partition coefficient (Wildman–Crippen LogP) is 3.86. The average molecular weight is 380 g/mol. The molecule has 1 aromatic heterocycles. The van der Waals surface area contributed by atoms with E-state index in [0.717, 1.165) is 11.1 Å². The van der Waals surface area contributed by atoms with Crippen LogP contribution in [0.3, 0.4) is 0 Å². The summed E-state index contributed by atoms with van der Waals surface area (Å²) in [5.74, 6) is -1.01. The van der Waals surface area contributed by atoms with Gasteiger partial charge in [-0.15, -0.1) is 0 Å². The van der Waals surface area contributed by atoms with Crippen molar-refractivity contribution in [2.24, 2.45) is 0 Å². The number of benzene rings is 2. The zero-order valence-corrected chi connectivity index (χ0v) is 15.8. The second-order valence-corrected chi connectivity index (χ2v) is 6.58. The third kappa shape index (κ3) is 5.28. The molecule has 0 saturated heterocycles. The number of aryl methyl sites for hydroxylation is 1. The van der Waals surface area contributed by atoms with Gasteiger partial charge in [-0.2, -0.15) is 5.10 Å². The highest BCUT2D eigenvalue weighted by Gasteiger charge is 2.22. The molecule has 6 nitrogen and oxygen atoms in total. The number of aromatic carboxylic acids is 1. The lowest BCUT2D eigenvalue weighted by Crippen LogP contribution is -2.25. The SMILES string of the molecule is Cc1cnn(C(COCc2ccccc2)COCc2ccccc2)c1C(=O)O. The zero-order chi connectivity index (χ0) is 19.8. The van der Waals surface area contributed by atoms with Crippen LogP contribution < -0.4 is 0 Å². The number of hydrogen-bond donors (Lipinski definition) is 1. The molecular formula is C22H24N2O4. The fraction of sp³-hybridized carbons (Fsp3) is 0.273. The van der Waals surface area contributed by atoms with Gasteiger partial charge in [0, 0.05) is 5.56 Å². The molecule has 0 aliphatic rings. The number of carbonyl (C=O) groups is 1. The van der Waals surface area contributed by atoms with Crippen molar-refractivity contribution in [3.63, 3.8) is 0 Å². The highest BCUT2D eigenvalue weighted by molar-refractivity contribution is 5.87. The number of carboxylic acid groups (broad SMARTS) is 1. The van der Waals surface area contributed by atoms with Crippen LogP contribution in [0.2, 0.25) is 0 Å². The van der Waals surface area contributed by atoms with Gasteiger partial charge >= 0.3 is 5.97 Å². The Labute approximate surface area is 164 Å². The van der Waals surface area contributed by atoms with Gasteiger partial charge in [0.15, 0.2) is 0 Å². The van der Waals surface area contributed by atoms with Gasteiger partial charge in [0.2, 0.25) is 0 Å². The lowest BCUT2D eigenvalue weighted by atomic mass is 10.2. The first-order valence-corrected chi connectivity index (χ1v) is 9.16. The van der Waals surface area contributed by atoms with Crippen molar-refractivity contribution in [1.82, 2.24) is 9.78 Å². The highest BCUT2D eigenvalue weighted by Crippen LogP contribution is 2.17. The number of ether oxygens (including phenoxy) is 2. The molecule has 0 aliphatic carbocycles. The summed E-state index contributed by atoms with van der Waals surface area (Å²) in [7, 11) is 0. The minimum atomic E-state index is -1.01. The molecule has 0 saturated carbocycles. The molecule has 0 atom stereocenters. The standard InChI is InChI=1S/C22H24N2O4/c1-17-12-23-24(21(17)22(25)26)20(15-27-13-18-8-4-2-5-9-18)16-28-14-19-10-6-3-7-11-19/h2-12,20H,13-16H2,1H3,(H,25,26). The minimum Gasteiger partial charge on any atom is -0.477 e. The Kier molecular flexibility index (Phi) is 6.94. The first-order valence-electron chi connectivity index (χ1n) is 9.16. The van der Waals surface area contributed by atoms with Crippen LogP contribution >= 0.6 is 0 Å². The first-order chi connectivity index (χ1) is 13.6. The van der Waals surface area contributed by atoms with Gasteiger partial charge in [0.1, 0.15) is 5.69 Å². The van der Waals surface area contributed by atoms with Gasteiger partial charge in [-0.1, -0.05) is 60.7 Å². The Morgan fingerprint density at radius 1 is 0.964 bits per heavy atom. The number of carboxylic acids is 1.